The molecule has 2 aromatic rings. The first kappa shape index (κ1) is 12.5. The number of nitrogens with one attached hydrogen (secondary N) is 1. The summed E-state index contributed by atoms with van der Waals surface area (Å²) in [7, 11) is 1.88. The van der Waals surface area contributed by atoms with Gasteiger partial charge in [0.1, 0.15) is 23.8 Å². The van der Waals surface area contributed by atoms with Crippen molar-refractivity contribution < 1.29 is 0 Å². The Morgan fingerprint density at radius 3 is 2.67 bits per heavy atom. The van der Waals surface area contributed by atoms with Crippen LogP contribution >= 0.6 is 0 Å². The third-order valence-corrected chi connectivity index (χ3v) is 2.94. The van der Waals surface area contributed by atoms with E-state index in [2.05, 4.69) is 41.0 Å². The lowest BCUT2D eigenvalue weighted by molar-refractivity contribution is 0.793. The van der Waals surface area contributed by atoms with Crippen LogP contribution in [0.5, 0.6) is 0 Å². The molecule has 0 radical (unpaired) electrons. The van der Waals surface area contributed by atoms with Crippen LogP contribution in [-0.4, -0.2) is 26.6 Å². The van der Waals surface area contributed by atoms with E-state index in [1.54, 1.807) is 6.33 Å². The van der Waals surface area contributed by atoms with Crippen molar-refractivity contribution in [1.82, 2.24) is 19.5 Å². The SMILES string of the molecule is CCc1nccn1-c1ncnc(NC)c1C(C)C. The van der Waals surface area contributed by atoms with E-state index in [0.29, 0.717) is 5.92 Å². The van der Waals surface area contributed by atoms with Gasteiger partial charge in [-0.3, -0.25) is 4.57 Å². The number of aromatic nitrogens is 4. The van der Waals surface area contributed by atoms with Crippen molar-refractivity contribution in [1.29, 1.82) is 0 Å². The monoisotopic (exact) mass is 245 g/mol. The Morgan fingerprint density at radius 1 is 1.28 bits per heavy atom. The van der Waals surface area contributed by atoms with Crippen LogP contribution in [0, 0.1) is 0 Å². The van der Waals surface area contributed by atoms with Gasteiger partial charge in [0.05, 0.1) is 0 Å². The van der Waals surface area contributed by atoms with Crippen molar-refractivity contribution in [2.75, 3.05) is 12.4 Å². The van der Waals surface area contributed by atoms with Crippen molar-refractivity contribution >= 4 is 5.82 Å². The van der Waals surface area contributed by atoms with Crippen molar-refractivity contribution in [2.45, 2.75) is 33.1 Å². The van der Waals surface area contributed by atoms with Crippen LogP contribution in [0.15, 0.2) is 18.7 Å². The lowest BCUT2D eigenvalue weighted by Crippen LogP contribution is -2.10. The van der Waals surface area contributed by atoms with E-state index in [0.717, 1.165) is 29.4 Å². The first-order valence-corrected chi connectivity index (χ1v) is 6.24. The predicted octanol–water partition coefficient (Wildman–Crippen LogP) is 2.39. The highest BCUT2D eigenvalue weighted by Gasteiger charge is 2.16. The minimum Gasteiger partial charge on any atom is -0.373 e. The minimum absolute atomic E-state index is 0.343. The van der Waals surface area contributed by atoms with Crippen LogP contribution in [0.2, 0.25) is 0 Å². The van der Waals surface area contributed by atoms with Gasteiger partial charge >= 0.3 is 0 Å². The predicted molar refractivity (Wildman–Crippen MR) is 72.2 cm³/mol. The maximum atomic E-state index is 4.43. The molecule has 0 aliphatic carbocycles. The molecule has 2 aromatic heterocycles. The molecule has 5 nitrogen and oxygen atoms in total. The fourth-order valence-corrected chi connectivity index (χ4v) is 2.10. The topological polar surface area (TPSA) is 55.6 Å². The average Bonchev–Trinajstić information content (AvgIpc) is 2.85. The van der Waals surface area contributed by atoms with Crippen LogP contribution in [0.25, 0.3) is 5.82 Å². The van der Waals surface area contributed by atoms with E-state index >= 15 is 0 Å². The molecule has 0 saturated heterocycles. The van der Waals surface area contributed by atoms with Crippen LogP contribution in [0.1, 0.15) is 38.1 Å². The third kappa shape index (κ3) is 2.08. The molecule has 96 valence electrons. The van der Waals surface area contributed by atoms with E-state index in [9.17, 15) is 0 Å². The van der Waals surface area contributed by atoms with Gasteiger partial charge in [0.2, 0.25) is 0 Å². The number of nitrogens with zero attached hydrogens (tertiary/aromatic N) is 4. The quantitative estimate of drug-likeness (QED) is 0.898. The first-order valence-electron chi connectivity index (χ1n) is 6.24. The van der Waals surface area contributed by atoms with Gasteiger partial charge < -0.3 is 5.32 Å². The number of anilines is 1. The molecule has 0 unspecified atom stereocenters. The van der Waals surface area contributed by atoms with Gasteiger partial charge in [-0.1, -0.05) is 20.8 Å². The molecule has 0 aliphatic rings. The van der Waals surface area contributed by atoms with Crippen molar-refractivity contribution in [3.8, 4) is 5.82 Å². The molecule has 0 fully saturated rings. The van der Waals surface area contributed by atoms with Gasteiger partial charge in [-0.15, -0.1) is 0 Å². The van der Waals surface area contributed by atoms with Crippen molar-refractivity contribution in [2.24, 2.45) is 0 Å². The molecular formula is C13H19N5. The molecule has 0 spiro atoms. The summed E-state index contributed by atoms with van der Waals surface area (Å²) in [6, 6.07) is 0. The largest absolute Gasteiger partial charge is 0.373 e. The zero-order chi connectivity index (χ0) is 13.1. The first-order chi connectivity index (χ1) is 8.69. The second kappa shape index (κ2) is 5.16. The maximum Gasteiger partial charge on any atom is 0.147 e. The highest BCUT2D eigenvalue weighted by atomic mass is 15.1. The standard InChI is InChI=1S/C13H19N5/c1-5-10-15-6-7-18(10)13-11(9(2)3)12(14-4)16-8-17-13/h6-9H,5H2,1-4H3,(H,14,16,17). The second-order valence-electron chi connectivity index (χ2n) is 4.43. The zero-order valence-corrected chi connectivity index (χ0v) is 11.3. The van der Waals surface area contributed by atoms with Gasteiger partial charge in [0.25, 0.3) is 0 Å². The highest BCUT2D eigenvalue weighted by Crippen LogP contribution is 2.27. The zero-order valence-electron chi connectivity index (χ0n) is 11.3. The number of hydrogen-bond acceptors (Lipinski definition) is 4. The number of rotatable bonds is 4. The molecule has 0 aliphatic heterocycles. The molecule has 1 N–H and O–H groups in total. The summed E-state index contributed by atoms with van der Waals surface area (Å²) in [6.45, 7) is 6.38. The van der Waals surface area contributed by atoms with Crippen LogP contribution in [-0.2, 0) is 6.42 Å². The summed E-state index contributed by atoms with van der Waals surface area (Å²) in [4.78, 5) is 13.1. The van der Waals surface area contributed by atoms with Crippen LogP contribution in [0.3, 0.4) is 0 Å². The Balaban J connectivity index is 2.64. The normalized spacial score (nSPS) is 10.9. The Bertz CT molecular complexity index is 530. The molecule has 0 saturated carbocycles. The van der Waals surface area contributed by atoms with Crippen molar-refractivity contribution in [3.05, 3.63) is 30.1 Å². The van der Waals surface area contributed by atoms with Gasteiger partial charge in [-0.25, -0.2) is 15.0 Å². The van der Waals surface area contributed by atoms with Crippen molar-refractivity contribution in [3.63, 3.8) is 0 Å². The minimum atomic E-state index is 0.343. The molecule has 0 bridgehead atoms. The van der Waals surface area contributed by atoms with Gasteiger partial charge in [-0.2, -0.15) is 0 Å². The number of hydrogen-bond donors (Lipinski definition) is 1. The molecule has 0 atom stereocenters. The smallest absolute Gasteiger partial charge is 0.147 e. The summed E-state index contributed by atoms with van der Waals surface area (Å²) in [5.74, 6) is 3.15. The Labute approximate surface area is 107 Å². The molecule has 0 amide bonds. The highest BCUT2D eigenvalue weighted by molar-refractivity contribution is 5.53. The van der Waals surface area contributed by atoms with E-state index in [-0.39, 0.29) is 0 Å². The molecule has 2 rings (SSSR count). The lowest BCUT2D eigenvalue weighted by Gasteiger charge is -2.16. The third-order valence-electron chi connectivity index (χ3n) is 2.94. The maximum absolute atomic E-state index is 4.43. The molecule has 5 heteroatoms. The summed E-state index contributed by atoms with van der Waals surface area (Å²) >= 11 is 0. The molecular weight excluding hydrogens is 226 g/mol. The van der Waals surface area contributed by atoms with E-state index in [1.807, 2.05) is 24.0 Å². The fourth-order valence-electron chi connectivity index (χ4n) is 2.10. The molecule has 2 heterocycles. The molecule has 0 aromatic carbocycles. The lowest BCUT2D eigenvalue weighted by atomic mass is 10.0. The Kier molecular flexibility index (Phi) is 3.60. The Morgan fingerprint density at radius 2 is 2.06 bits per heavy atom. The Hall–Kier alpha value is -1.91. The van der Waals surface area contributed by atoms with E-state index in [4.69, 9.17) is 0 Å². The number of aryl methyl sites for hydroxylation is 1. The summed E-state index contributed by atoms with van der Waals surface area (Å²) in [5, 5.41) is 3.13. The van der Waals surface area contributed by atoms with Gasteiger partial charge in [0.15, 0.2) is 0 Å². The van der Waals surface area contributed by atoms with E-state index < -0.39 is 0 Å². The second-order valence-corrected chi connectivity index (χ2v) is 4.43. The average molecular weight is 245 g/mol. The van der Waals surface area contributed by atoms with E-state index in [1.165, 1.54) is 0 Å². The van der Waals surface area contributed by atoms with Crippen LogP contribution in [0.4, 0.5) is 5.82 Å². The summed E-state index contributed by atoms with van der Waals surface area (Å²) in [6.07, 6.45) is 6.23. The number of imidazole rings is 1. The summed E-state index contributed by atoms with van der Waals surface area (Å²) in [5.41, 5.74) is 1.12. The fraction of sp³-hybridized carbons (Fsp3) is 0.462. The van der Waals surface area contributed by atoms with Crippen LogP contribution < -0.4 is 5.32 Å². The van der Waals surface area contributed by atoms with Gasteiger partial charge in [0, 0.05) is 31.4 Å². The molecule has 18 heavy (non-hydrogen) atoms. The van der Waals surface area contributed by atoms with Gasteiger partial charge in [-0.05, 0) is 5.92 Å². The summed E-state index contributed by atoms with van der Waals surface area (Å²) < 4.78 is 2.04.